The molecule has 0 aliphatic carbocycles. The minimum atomic E-state index is -0.241. The predicted molar refractivity (Wildman–Crippen MR) is 210 cm³/mol. The maximum atomic E-state index is 2.54. The van der Waals surface area contributed by atoms with Gasteiger partial charge < -0.3 is 14.0 Å². The highest BCUT2D eigenvalue weighted by atomic mass is 15.1. The standard InChI is InChI=1S/C47H35N3/c1-47(2)40-31-43-39(37-22-12-14-24-41(37)49(43)35-20-10-5-11-21-35)30-44(40)50-42-25-15-13-23-38(42)45(46(47)50)32-26-28-36(29-27-32)48(33-16-6-3-7-17-33)34-18-8-4-9-19-34/h3-31H,1-2H3. The summed E-state index contributed by atoms with van der Waals surface area (Å²) >= 11 is 0. The number of benzene rings is 7. The van der Waals surface area contributed by atoms with Crippen molar-refractivity contribution in [2.75, 3.05) is 4.90 Å². The zero-order chi connectivity index (χ0) is 33.4. The average molecular weight is 642 g/mol. The van der Waals surface area contributed by atoms with Gasteiger partial charge in [-0.2, -0.15) is 0 Å². The third-order valence-electron chi connectivity index (χ3n) is 10.6. The molecule has 0 amide bonds. The van der Waals surface area contributed by atoms with Crippen molar-refractivity contribution in [3.63, 3.8) is 0 Å². The van der Waals surface area contributed by atoms with Gasteiger partial charge in [0, 0.05) is 55.6 Å². The Balaban J connectivity index is 1.18. The number of fused-ring (bicyclic) bond motifs is 8. The van der Waals surface area contributed by atoms with E-state index in [1.165, 1.54) is 66.5 Å². The van der Waals surface area contributed by atoms with Gasteiger partial charge in [0.1, 0.15) is 0 Å². The van der Waals surface area contributed by atoms with E-state index in [9.17, 15) is 0 Å². The van der Waals surface area contributed by atoms with E-state index in [0.717, 1.165) is 17.1 Å². The second-order valence-corrected chi connectivity index (χ2v) is 13.8. The highest BCUT2D eigenvalue weighted by molar-refractivity contribution is 6.11. The topological polar surface area (TPSA) is 13.1 Å². The smallest absolute Gasteiger partial charge is 0.0545 e. The molecule has 0 fully saturated rings. The number of rotatable bonds is 5. The largest absolute Gasteiger partial charge is 0.312 e. The molecule has 0 N–H and O–H groups in total. The summed E-state index contributed by atoms with van der Waals surface area (Å²) in [5, 5.41) is 3.83. The Labute approximate surface area is 291 Å². The number of aromatic nitrogens is 2. The van der Waals surface area contributed by atoms with Gasteiger partial charge in [-0.15, -0.1) is 0 Å². The predicted octanol–water partition coefficient (Wildman–Crippen LogP) is 12.5. The maximum absolute atomic E-state index is 2.54. The zero-order valence-corrected chi connectivity index (χ0v) is 28.1. The number of nitrogens with zero attached hydrogens (tertiary/aromatic N) is 3. The van der Waals surface area contributed by atoms with Crippen LogP contribution in [0.1, 0.15) is 25.1 Å². The fourth-order valence-electron chi connectivity index (χ4n) is 8.42. The number of anilines is 3. The molecule has 1 aliphatic heterocycles. The molecule has 3 nitrogen and oxygen atoms in total. The van der Waals surface area contributed by atoms with Gasteiger partial charge in [-0.1, -0.05) is 117 Å². The molecule has 0 spiro atoms. The Morgan fingerprint density at radius 2 is 0.960 bits per heavy atom. The average Bonchev–Trinajstić information content (AvgIpc) is 3.76. The SMILES string of the molecule is CC1(C)c2cc3c(cc2-n2c1c(-c1ccc(N(c4ccccc4)c4ccccc4)cc1)c1ccccc12)c1ccccc1n3-c1ccccc1. The summed E-state index contributed by atoms with van der Waals surface area (Å²) in [7, 11) is 0. The van der Waals surface area contributed by atoms with Crippen LogP contribution in [-0.2, 0) is 5.41 Å². The summed E-state index contributed by atoms with van der Waals surface area (Å²) in [6.07, 6.45) is 0. The number of para-hydroxylation sites is 5. The van der Waals surface area contributed by atoms with Gasteiger partial charge in [0.05, 0.1) is 22.2 Å². The molecule has 238 valence electrons. The summed E-state index contributed by atoms with van der Waals surface area (Å²) < 4.78 is 4.97. The van der Waals surface area contributed by atoms with E-state index >= 15 is 0 Å². The first-order chi connectivity index (χ1) is 24.6. The van der Waals surface area contributed by atoms with Gasteiger partial charge >= 0.3 is 0 Å². The number of hydrogen-bond acceptors (Lipinski definition) is 1. The third kappa shape index (κ3) is 4.10. The van der Waals surface area contributed by atoms with E-state index in [0.29, 0.717) is 0 Å². The van der Waals surface area contributed by atoms with Crippen molar-refractivity contribution < 1.29 is 0 Å². The molecule has 0 bridgehead atoms. The maximum Gasteiger partial charge on any atom is 0.0545 e. The fraction of sp³-hybridized carbons (Fsp3) is 0.0638. The minimum absolute atomic E-state index is 0.241. The van der Waals surface area contributed by atoms with Crippen LogP contribution in [0.3, 0.4) is 0 Å². The van der Waals surface area contributed by atoms with E-state index < -0.39 is 0 Å². The molecule has 0 radical (unpaired) electrons. The normalized spacial score (nSPS) is 13.2. The fourth-order valence-corrected chi connectivity index (χ4v) is 8.42. The minimum Gasteiger partial charge on any atom is -0.312 e. The van der Waals surface area contributed by atoms with Gasteiger partial charge in [0.2, 0.25) is 0 Å². The lowest BCUT2D eigenvalue weighted by atomic mass is 9.79. The summed E-state index contributed by atoms with van der Waals surface area (Å²) in [5.41, 5.74) is 14.6. The van der Waals surface area contributed by atoms with Crippen molar-refractivity contribution >= 4 is 49.8 Å². The van der Waals surface area contributed by atoms with Gasteiger partial charge in [-0.3, -0.25) is 0 Å². The zero-order valence-electron chi connectivity index (χ0n) is 28.1. The molecule has 1 aliphatic rings. The molecular formula is C47H35N3. The summed E-state index contributed by atoms with van der Waals surface area (Å²) in [5.74, 6) is 0. The van der Waals surface area contributed by atoms with Crippen molar-refractivity contribution in [3.05, 3.63) is 187 Å². The van der Waals surface area contributed by atoms with Crippen LogP contribution in [0.2, 0.25) is 0 Å². The van der Waals surface area contributed by atoms with Crippen LogP contribution < -0.4 is 4.90 Å². The summed E-state index contributed by atoms with van der Waals surface area (Å²) in [6.45, 7) is 4.80. The van der Waals surface area contributed by atoms with Crippen LogP contribution >= 0.6 is 0 Å². The van der Waals surface area contributed by atoms with Gasteiger partial charge in [0.25, 0.3) is 0 Å². The summed E-state index contributed by atoms with van der Waals surface area (Å²) in [4.78, 5) is 2.32. The van der Waals surface area contributed by atoms with E-state index in [4.69, 9.17) is 0 Å². The molecule has 50 heavy (non-hydrogen) atoms. The molecule has 0 saturated carbocycles. The number of hydrogen-bond donors (Lipinski definition) is 0. The molecule has 10 rings (SSSR count). The second-order valence-electron chi connectivity index (χ2n) is 13.8. The quantitative estimate of drug-likeness (QED) is 0.182. The molecule has 3 heteroatoms. The van der Waals surface area contributed by atoms with Crippen LogP contribution in [-0.4, -0.2) is 9.13 Å². The van der Waals surface area contributed by atoms with Crippen LogP contribution in [0.25, 0.3) is 55.2 Å². The Hall–Kier alpha value is -6.32. The highest BCUT2D eigenvalue weighted by Crippen LogP contribution is 2.53. The van der Waals surface area contributed by atoms with Crippen molar-refractivity contribution in [3.8, 4) is 22.5 Å². The molecule has 0 saturated heterocycles. The van der Waals surface area contributed by atoms with Crippen LogP contribution in [0, 0.1) is 0 Å². The Morgan fingerprint density at radius 3 is 1.60 bits per heavy atom. The molecule has 7 aromatic carbocycles. The second kappa shape index (κ2) is 10.8. The van der Waals surface area contributed by atoms with Crippen molar-refractivity contribution in [1.29, 1.82) is 0 Å². The molecular weight excluding hydrogens is 607 g/mol. The van der Waals surface area contributed by atoms with E-state index in [1.807, 2.05) is 0 Å². The lowest BCUT2D eigenvalue weighted by Gasteiger charge is -2.26. The first-order valence-electron chi connectivity index (χ1n) is 17.4. The van der Waals surface area contributed by atoms with Gasteiger partial charge in [0.15, 0.2) is 0 Å². The first-order valence-corrected chi connectivity index (χ1v) is 17.4. The third-order valence-corrected chi connectivity index (χ3v) is 10.6. The van der Waals surface area contributed by atoms with Crippen molar-refractivity contribution in [2.24, 2.45) is 0 Å². The Kier molecular flexibility index (Phi) is 6.22. The van der Waals surface area contributed by atoms with E-state index in [1.54, 1.807) is 0 Å². The summed E-state index contributed by atoms with van der Waals surface area (Å²) in [6, 6.07) is 63.8. The molecule has 3 heterocycles. The van der Waals surface area contributed by atoms with Gasteiger partial charge in [-0.05, 0) is 83.9 Å². The first kappa shape index (κ1) is 28.7. The lowest BCUT2D eigenvalue weighted by Crippen LogP contribution is -2.16. The van der Waals surface area contributed by atoms with Crippen LogP contribution in [0.4, 0.5) is 17.1 Å². The van der Waals surface area contributed by atoms with E-state index in [2.05, 4.69) is 204 Å². The van der Waals surface area contributed by atoms with E-state index in [-0.39, 0.29) is 5.41 Å². The Morgan fingerprint density at radius 1 is 0.440 bits per heavy atom. The van der Waals surface area contributed by atoms with Crippen molar-refractivity contribution in [1.82, 2.24) is 9.13 Å². The lowest BCUT2D eigenvalue weighted by molar-refractivity contribution is 0.647. The van der Waals surface area contributed by atoms with Crippen molar-refractivity contribution in [2.45, 2.75) is 19.3 Å². The molecule has 9 aromatic rings. The van der Waals surface area contributed by atoms with Crippen LogP contribution in [0.15, 0.2) is 176 Å². The highest BCUT2D eigenvalue weighted by Gasteiger charge is 2.41. The molecule has 0 atom stereocenters. The van der Waals surface area contributed by atoms with Gasteiger partial charge in [-0.25, -0.2) is 0 Å². The molecule has 2 aromatic heterocycles. The van der Waals surface area contributed by atoms with Crippen LogP contribution in [0.5, 0.6) is 0 Å². The monoisotopic (exact) mass is 641 g/mol. The molecule has 0 unspecified atom stereocenters. The Bertz CT molecular complexity index is 2660.